The number of esters is 1. The van der Waals surface area contributed by atoms with Crippen molar-refractivity contribution in [2.45, 2.75) is 104 Å². The molecule has 0 bridgehead atoms. The summed E-state index contributed by atoms with van der Waals surface area (Å²) in [7, 11) is 0. The fraction of sp³-hybridized carbons (Fsp3) is 0.769. The molecule has 1 fully saturated rings. The van der Waals surface area contributed by atoms with E-state index in [9.17, 15) is 33.1 Å². The summed E-state index contributed by atoms with van der Waals surface area (Å²) in [5.74, 6) is -7.67. The van der Waals surface area contributed by atoms with E-state index in [-0.39, 0.29) is 12.8 Å². The molecule has 200 valence electrons. The summed E-state index contributed by atoms with van der Waals surface area (Å²) in [5, 5.41) is 10.3. The van der Waals surface area contributed by atoms with Crippen molar-refractivity contribution in [2.75, 3.05) is 6.54 Å². The molecule has 2 unspecified atom stereocenters. The van der Waals surface area contributed by atoms with Crippen molar-refractivity contribution >= 4 is 23.4 Å². The van der Waals surface area contributed by atoms with Crippen molar-refractivity contribution in [3.05, 3.63) is 12.7 Å². The van der Waals surface area contributed by atoms with Gasteiger partial charge in [0.25, 0.3) is 5.92 Å². The van der Waals surface area contributed by atoms with E-state index >= 15 is 0 Å². The van der Waals surface area contributed by atoms with Crippen LogP contribution in [0.5, 0.6) is 0 Å². The molecule has 1 aliphatic heterocycles. The van der Waals surface area contributed by atoms with Gasteiger partial charge >= 0.3 is 5.97 Å². The monoisotopic (exact) mass is 501 g/mol. The molecule has 0 saturated carbocycles. The summed E-state index contributed by atoms with van der Waals surface area (Å²) >= 11 is 0. The van der Waals surface area contributed by atoms with Gasteiger partial charge in [-0.3, -0.25) is 19.2 Å². The van der Waals surface area contributed by atoms with Gasteiger partial charge < -0.3 is 14.7 Å². The van der Waals surface area contributed by atoms with Crippen molar-refractivity contribution in [3.63, 3.8) is 0 Å². The maximum atomic E-state index is 14.5. The number of aliphatic hydroxyl groups is 1. The van der Waals surface area contributed by atoms with E-state index in [4.69, 9.17) is 4.74 Å². The average molecular weight is 502 g/mol. The normalized spacial score (nSPS) is 20.6. The molecule has 4 atom stereocenters. The van der Waals surface area contributed by atoms with E-state index in [2.05, 4.69) is 6.58 Å². The maximum Gasteiger partial charge on any atom is 0.307 e. The van der Waals surface area contributed by atoms with E-state index < -0.39 is 77.3 Å². The Morgan fingerprint density at radius 2 is 1.71 bits per heavy atom. The fourth-order valence-corrected chi connectivity index (χ4v) is 4.34. The van der Waals surface area contributed by atoms with E-state index in [1.165, 1.54) is 0 Å². The van der Waals surface area contributed by atoms with Crippen molar-refractivity contribution in [1.82, 2.24) is 4.90 Å². The Bertz CT molecular complexity index is 812. The molecule has 1 N–H and O–H groups in total. The van der Waals surface area contributed by atoms with Gasteiger partial charge in [-0.25, -0.2) is 8.78 Å². The van der Waals surface area contributed by atoms with Crippen molar-refractivity contribution in [1.29, 1.82) is 0 Å². The van der Waals surface area contributed by atoms with E-state index in [1.807, 2.05) is 6.92 Å². The second-order valence-electron chi connectivity index (χ2n) is 11.5. The molecular formula is C26H41F2NO6. The molecule has 35 heavy (non-hydrogen) atoms. The summed E-state index contributed by atoms with van der Waals surface area (Å²) in [4.78, 5) is 51.9. The first-order valence-electron chi connectivity index (χ1n) is 12.1. The van der Waals surface area contributed by atoms with Gasteiger partial charge in [0.1, 0.15) is 11.7 Å². The van der Waals surface area contributed by atoms with Gasteiger partial charge in [-0.2, -0.15) is 0 Å². The first kappa shape index (κ1) is 30.9. The predicted molar refractivity (Wildman–Crippen MR) is 128 cm³/mol. The van der Waals surface area contributed by atoms with Crippen molar-refractivity contribution < 1.29 is 37.8 Å². The lowest BCUT2D eigenvalue weighted by atomic mass is 9.77. The smallest absolute Gasteiger partial charge is 0.307 e. The predicted octanol–water partition coefficient (Wildman–Crippen LogP) is 4.11. The lowest BCUT2D eigenvalue weighted by Crippen LogP contribution is -2.48. The van der Waals surface area contributed by atoms with Crippen LogP contribution in [0.1, 0.15) is 80.6 Å². The number of hydrogen-bond acceptors (Lipinski definition) is 6. The zero-order chi connectivity index (χ0) is 27.4. The van der Waals surface area contributed by atoms with Crippen LogP contribution >= 0.6 is 0 Å². The Labute approximate surface area is 207 Å². The van der Waals surface area contributed by atoms with Crippen molar-refractivity contribution in [2.24, 2.45) is 17.3 Å². The highest BCUT2D eigenvalue weighted by Gasteiger charge is 2.52. The number of hydrogen-bond donors (Lipinski definition) is 1. The van der Waals surface area contributed by atoms with Crippen LogP contribution in [0, 0.1) is 17.3 Å². The molecule has 1 heterocycles. The number of halogens is 2. The number of aliphatic hydroxyl groups excluding tert-OH is 1. The van der Waals surface area contributed by atoms with Crippen LogP contribution < -0.4 is 0 Å². The number of ketones is 2. The Balaban J connectivity index is 3.21. The van der Waals surface area contributed by atoms with Crippen LogP contribution in [0.2, 0.25) is 0 Å². The molecule has 1 saturated heterocycles. The lowest BCUT2D eigenvalue weighted by Gasteiger charge is -2.35. The average Bonchev–Trinajstić information content (AvgIpc) is 3.03. The first-order valence-corrected chi connectivity index (χ1v) is 12.1. The molecule has 9 heteroatoms. The van der Waals surface area contributed by atoms with Gasteiger partial charge in [0, 0.05) is 12.8 Å². The van der Waals surface area contributed by atoms with E-state index in [0.717, 1.165) is 11.0 Å². The van der Waals surface area contributed by atoms with Gasteiger partial charge in [0.2, 0.25) is 5.91 Å². The Kier molecular flexibility index (Phi) is 10.3. The minimum atomic E-state index is -3.28. The third-order valence-electron chi connectivity index (χ3n) is 6.12. The SMILES string of the molecule is C=CC(=O)C(O)C(CCC)CC(=O)[C@@H]1CC(F)(F)CN1C(=O)[C@@H](CC(=O)OC(C)(C)C)C(C)(C)C. The molecule has 0 aliphatic carbocycles. The van der Waals surface area contributed by atoms with Crippen LogP contribution in [0.4, 0.5) is 8.78 Å². The number of amides is 1. The zero-order valence-electron chi connectivity index (χ0n) is 22.0. The van der Waals surface area contributed by atoms with Gasteiger partial charge in [-0.05, 0) is 44.6 Å². The molecule has 7 nitrogen and oxygen atoms in total. The van der Waals surface area contributed by atoms with Crippen LogP contribution in [0.3, 0.4) is 0 Å². The maximum absolute atomic E-state index is 14.5. The lowest BCUT2D eigenvalue weighted by molar-refractivity contribution is -0.161. The van der Waals surface area contributed by atoms with Gasteiger partial charge in [-0.15, -0.1) is 0 Å². The summed E-state index contributed by atoms with van der Waals surface area (Å²) in [6.07, 6.45) is -1.11. The van der Waals surface area contributed by atoms with Crippen LogP contribution in [-0.2, 0) is 23.9 Å². The highest BCUT2D eigenvalue weighted by Crippen LogP contribution is 2.39. The largest absolute Gasteiger partial charge is 0.460 e. The minimum Gasteiger partial charge on any atom is -0.460 e. The minimum absolute atomic E-state index is 0.312. The van der Waals surface area contributed by atoms with Crippen LogP contribution in [0.15, 0.2) is 12.7 Å². The Hall–Kier alpha value is -2.16. The molecule has 1 rings (SSSR count). The molecule has 0 radical (unpaired) electrons. The fourth-order valence-electron chi connectivity index (χ4n) is 4.34. The van der Waals surface area contributed by atoms with Crippen LogP contribution in [0.25, 0.3) is 0 Å². The number of ether oxygens (including phenoxy) is 1. The van der Waals surface area contributed by atoms with Crippen molar-refractivity contribution in [3.8, 4) is 0 Å². The molecule has 0 spiro atoms. The topological polar surface area (TPSA) is 101 Å². The standard InChI is InChI=1S/C26H41F2NO6/c1-9-11-16(22(33)19(30)10-2)12-20(31)18-14-26(27,28)15-29(18)23(34)17(24(3,4)5)13-21(32)35-25(6,7)8/h10,16-18,22,33H,2,9,11-15H2,1,3-8H3/t16?,17-,18+,22?/m1/s1. The van der Waals surface area contributed by atoms with E-state index in [0.29, 0.717) is 12.8 Å². The molecule has 0 aromatic heterocycles. The molecule has 0 aromatic rings. The summed E-state index contributed by atoms with van der Waals surface area (Å²) in [6, 6.07) is -1.41. The van der Waals surface area contributed by atoms with Crippen LogP contribution in [-0.4, -0.2) is 63.7 Å². The number of carbonyl (C=O) groups is 4. The molecular weight excluding hydrogens is 460 g/mol. The second-order valence-corrected chi connectivity index (χ2v) is 11.5. The summed E-state index contributed by atoms with van der Waals surface area (Å²) in [5.41, 5.74) is -1.55. The van der Waals surface area contributed by atoms with Gasteiger partial charge in [0.15, 0.2) is 11.6 Å². The molecule has 1 aliphatic rings. The second kappa shape index (κ2) is 11.7. The van der Waals surface area contributed by atoms with Gasteiger partial charge in [0.05, 0.1) is 24.9 Å². The number of carbonyl (C=O) groups excluding carboxylic acids is 4. The third-order valence-corrected chi connectivity index (χ3v) is 6.12. The summed E-state index contributed by atoms with van der Waals surface area (Å²) in [6.45, 7) is 14.4. The highest BCUT2D eigenvalue weighted by atomic mass is 19.3. The zero-order valence-corrected chi connectivity index (χ0v) is 22.0. The highest BCUT2D eigenvalue weighted by molar-refractivity contribution is 5.95. The molecule has 0 aromatic carbocycles. The Morgan fingerprint density at radius 1 is 1.14 bits per heavy atom. The Morgan fingerprint density at radius 3 is 2.17 bits per heavy atom. The first-order chi connectivity index (χ1) is 15.8. The number of Topliss-reactive ketones (excluding diaryl/α,β-unsaturated/α-hetero) is 1. The van der Waals surface area contributed by atoms with E-state index in [1.54, 1.807) is 41.5 Å². The number of rotatable bonds is 11. The number of likely N-dealkylation sites (tertiary alicyclic amines) is 1. The summed E-state index contributed by atoms with van der Waals surface area (Å²) < 4.78 is 34.3. The number of alkyl halides is 2. The quantitative estimate of drug-likeness (QED) is 0.338. The third kappa shape index (κ3) is 9.09. The molecule has 1 amide bonds. The van der Waals surface area contributed by atoms with Gasteiger partial charge in [-0.1, -0.05) is 40.7 Å². The number of nitrogens with zero attached hydrogens (tertiary/aromatic N) is 1.